The monoisotopic (exact) mass is 254 g/mol. The highest BCUT2D eigenvalue weighted by Crippen LogP contribution is 2.20. The van der Waals surface area contributed by atoms with Crippen molar-refractivity contribution in [3.8, 4) is 0 Å². The van der Waals surface area contributed by atoms with Crippen molar-refractivity contribution >= 4 is 24.6 Å². The number of carbonyl (C=O) groups is 2. The van der Waals surface area contributed by atoms with Crippen LogP contribution in [0.4, 0.5) is 0 Å². The summed E-state index contributed by atoms with van der Waals surface area (Å²) in [5.41, 5.74) is -0.442. The highest BCUT2D eigenvalue weighted by Gasteiger charge is 2.20. The van der Waals surface area contributed by atoms with Gasteiger partial charge >= 0.3 is 11.9 Å². The quantitative estimate of drug-likeness (QED) is 0.629. The van der Waals surface area contributed by atoms with E-state index in [4.69, 9.17) is 9.84 Å². The summed E-state index contributed by atoms with van der Waals surface area (Å²) < 4.78 is 5.16. The maximum Gasteiger partial charge on any atom is 0.339 e. The molecule has 0 aliphatic carbocycles. The number of hydrogen-bond acceptors (Lipinski definition) is 4. The lowest BCUT2D eigenvalue weighted by molar-refractivity contribution is 0.00656. The van der Waals surface area contributed by atoms with Crippen molar-refractivity contribution < 1.29 is 19.4 Å². The minimum Gasteiger partial charge on any atom is -0.478 e. The Morgan fingerprint density at radius 2 is 1.88 bits per heavy atom. The van der Waals surface area contributed by atoms with E-state index < -0.39 is 17.5 Å². The average molecular weight is 254 g/mol. The maximum absolute atomic E-state index is 11.8. The first kappa shape index (κ1) is 13.6. The van der Waals surface area contributed by atoms with Gasteiger partial charge in [-0.3, -0.25) is 0 Å². The fourth-order valence-electron chi connectivity index (χ4n) is 1.17. The van der Waals surface area contributed by atoms with Crippen molar-refractivity contribution in [3.63, 3.8) is 0 Å². The Balaban J connectivity index is 3.08. The molecule has 17 heavy (non-hydrogen) atoms. The number of esters is 1. The van der Waals surface area contributed by atoms with Crippen molar-refractivity contribution in [1.82, 2.24) is 0 Å². The number of hydrogen-bond donors (Lipinski definition) is 2. The Labute approximate surface area is 105 Å². The molecule has 0 saturated carbocycles. The van der Waals surface area contributed by atoms with Crippen LogP contribution in [0.1, 0.15) is 41.5 Å². The second-order valence-corrected chi connectivity index (χ2v) is 5.02. The number of carboxylic acid groups (broad SMARTS) is 1. The van der Waals surface area contributed by atoms with Crippen molar-refractivity contribution in [2.75, 3.05) is 0 Å². The molecule has 0 aliphatic rings. The first-order valence-corrected chi connectivity index (χ1v) is 5.45. The maximum atomic E-state index is 11.8. The van der Waals surface area contributed by atoms with Crippen molar-refractivity contribution in [3.05, 3.63) is 29.3 Å². The van der Waals surface area contributed by atoms with Gasteiger partial charge in [0.1, 0.15) is 5.60 Å². The smallest absolute Gasteiger partial charge is 0.339 e. The zero-order valence-electron chi connectivity index (χ0n) is 9.85. The number of carboxylic acids is 1. The molecule has 0 aromatic heterocycles. The van der Waals surface area contributed by atoms with E-state index in [-0.39, 0.29) is 11.1 Å². The van der Waals surface area contributed by atoms with Gasteiger partial charge in [0.25, 0.3) is 0 Å². The minimum atomic E-state index is -1.09. The summed E-state index contributed by atoms with van der Waals surface area (Å²) in [6.45, 7) is 5.22. The minimum absolute atomic E-state index is 0.0312. The number of benzene rings is 1. The van der Waals surface area contributed by atoms with Crippen molar-refractivity contribution in [2.45, 2.75) is 31.3 Å². The molecule has 0 bridgehead atoms. The van der Waals surface area contributed by atoms with Crippen molar-refractivity contribution in [2.24, 2.45) is 0 Å². The summed E-state index contributed by atoms with van der Waals surface area (Å²) in [4.78, 5) is 23.0. The molecule has 1 aromatic carbocycles. The first-order chi connectivity index (χ1) is 7.70. The molecule has 0 radical (unpaired) electrons. The molecule has 0 spiro atoms. The van der Waals surface area contributed by atoms with Gasteiger partial charge < -0.3 is 9.84 Å². The largest absolute Gasteiger partial charge is 0.478 e. The zero-order chi connectivity index (χ0) is 13.2. The lowest BCUT2D eigenvalue weighted by Gasteiger charge is -2.20. The van der Waals surface area contributed by atoms with Crippen LogP contribution >= 0.6 is 12.6 Å². The second-order valence-electron chi connectivity index (χ2n) is 4.54. The molecule has 1 N–H and O–H groups in total. The number of ether oxygens (including phenoxy) is 1. The molecule has 0 aliphatic heterocycles. The fourth-order valence-corrected chi connectivity index (χ4v) is 1.40. The molecule has 92 valence electrons. The zero-order valence-corrected chi connectivity index (χ0v) is 10.7. The Morgan fingerprint density at radius 3 is 2.35 bits per heavy atom. The van der Waals surface area contributed by atoms with Crippen LogP contribution in [0.5, 0.6) is 0 Å². The molecule has 5 heteroatoms. The summed E-state index contributed by atoms with van der Waals surface area (Å²) in [5.74, 6) is -1.67. The third-order valence-corrected chi connectivity index (χ3v) is 2.25. The van der Waals surface area contributed by atoms with Crippen LogP contribution in [0.25, 0.3) is 0 Å². The van der Waals surface area contributed by atoms with E-state index in [1.165, 1.54) is 18.2 Å². The average Bonchev–Trinajstić information content (AvgIpc) is 2.14. The molecular weight excluding hydrogens is 240 g/mol. The lowest BCUT2D eigenvalue weighted by Crippen LogP contribution is -2.24. The Morgan fingerprint density at radius 1 is 1.29 bits per heavy atom. The predicted octanol–water partition coefficient (Wildman–Crippen LogP) is 2.63. The summed E-state index contributed by atoms with van der Waals surface area (Å²) in [7, 11) is 0. The van der Waals surface area contributed by atoms with E-state index in [0.29, 0.717) is 4.90 Å². The summed E-state index contributed by atoms with van der Waals surface area (Å²) >= 11 is 4.11. The number of thiol groups is 1. The Bertz CT molecular complexity index is 460. The standard InChI is InChI=1S/C12H14O4S/c1-12(2,3)16-11(15)8-6-7(10(13)14)4-5-9(8)17/h4-6,17H,1-3H3,(H,13,14). The summed E-state index contributed by atoms with van der Waals surface area (Å²) in [5, 5.41) is 8.84. The number of rotatable bonds is 2. The van der Waals surface area contributed by atoms with Gasteiger partial charge in [0.2, 0.25) is 0 Å². The van der Waals surface area contributed by atoms with Gasteiger partial charge in [-0.25, -0.2) is 9.59 Å². The normalized spacial score (nSPS) is 11.1. The molecule has 0 fully saturated rings. The molecule has 0 saturated heterocycles. The van der Waals surface area contributed by atoms with E-state index >= 15 is 0 Å². The van der Waals surface area contributed by atoms with Gasteiger partial charge in [-0.15, -0.1) is 12.6 Å². The number of carbonyl (C=O) groups excluding carboxylic acids is 1. The SMILES string of the molecule is CC(C)(C)OC(=O)c1cc(C(=O)O)ccc1S. The van der Waals surface area contributed by atoms with E-state index in [9.17, 15) is 9.59 Å². The van der Waals surface area contributed by atoms with Gasteiger partial charge in [0.15, 0.2) is 0 Å². The predicted molar refractivity (Wildman–Crippen MR) is 65.8 cm³/mol. The van der Waals surface area contributed by atoms with Gasteiger partial charge in [0, 0.05) is 4.90 Å². The summed E-state index contributed by atoms with van der Waals surface area (Å²) in [6.07, 6.45) is 0. The third kappa shape index (κ3) is 3.78. The van der Waals surface area contributed by atoms with E-state index in [2.05, 4.69) is 12.6 Å². The third-order valence-electron chi connectivity index (χ3n) is 1.86. The molecule has 4 nitrogen and oxygen atoms in total. The number of aromatic carboxylic acids is 1. The lowest BCUT2D eigenvalue weighted by atomic mass is 10.1. The van der Waals surface area contributed by atoms with Crippen LogP contribution in [-0.4, -0.2) is 22.6 Å². The van der Waals surface area contributed by atoms with Crippen LogP contribution in [0.2, 0.25) is 0 Å². The van der Waals surface area contributed by atoms with Crippen LogP contribution in [0, 0.1) is 0 Å². The van der Waals surface area contributed by atoms with Gasteiger partial charge in [-0.2, -0.15) is 0 Å². The highest BCUT2D eigenvalue weighted by atomic mass is 32.1. The molecule has 0 unspecified atom stereocenters. The topological polar surface area (TPSA) is 63.6 Å². The van der Waals surface area contributed by atoms with E-state index in [1.807, 2.05) is 0 Å². The first-order valence-electron chi connectivity index (χ1n) is 5.00. The molecule has 0 heterocycles. The van der Waals surface area contributed by atoms with E-state index in [1.54, 1.807) is 20.8 Å². The van der Waals surface area contributed by atoms with Crippen LogP contribution in [-0.2, 0) is 4.74 Å². The van der Waals surface area contributed by atoms with E-state index in [0.717, 1.165) is 0 Å². The highest BCUT2D eigenvalue weighted by molar-refractivity contribution is 7.80. The second kappa shape index (κ2) is 4.79. The van der Waals surface area contributed by atoms with Crippen molar-refractivity contribution in [1.29, 1.82) is 0 Å². The van der Waals surface area contributed by atoms with Gasteiger partial charge in [0.05, 0.1) is 11.1 Å². The molecule has 0 amide bonds. The molecule has 1 rings (SSSR count). The molecule has 0 atom stereocenters. The van der Waals surface area contributed by atoms with Gasteiger partial charge in [-0.05, 0) is 39.0 Å². The Kier molecular flexibility index (Phi) is 3.83. The molecular formula is C12H14O4S. The van der Waals surface area contributed by atoms with Crippen LogP contribution in [0.15, 0.2) is 23.1 Å². The summed E-state index contributed by atoms with van der Waals surface area (Å²) in [6, 6.07) is 4.11. The van der Waals surface area contributed by atoms with Gasteiger partial charge in [-0.1, -0.05) is 0 Å². The van der Waals surface area contributed by atoms with Crippen LogP contribution in [0.3, 0.4) is 0 Å². The molecule has 1 aromatic rings. The fraction of sp³-hybridized carbons (Fsp3) is 0.333. The Hall–Kier alpha value is -1.49. The van der Waals surface area contributed by atoms with Crippen LogP contribution < -0.4 is 0 Å².